The second-order valence-corrected chi connectivity index (χ2v) is 8.50. The van der Waals surface area contributed by atoms with Crippen molar-refractivity contribution in [1.29, 1.82) is 0 Å². The molecule has 8 heteroatoms. The molecule has 1 N–H and O–H groups in total. The Morgan fingerprint density at radius 2 is 2.00 bits per heavy atom. The van der Waals surface area contributed by atoms with Crippen LogP contribution in [0.4, 0.5) is 11.5 Å². The number of hydrogen-bond donors (Lipinski definition) is 1. The molecule has 2 aliphatic rings. The van der Waals surface area contributed by atoms with Crippen LogP contribution in [0.5, 0.6) is 0 Å². The van der Waals surface area contributed by atoms with Gasteiger partial charge >= 0.3 is 0 Å². The fraction of sp³-hybridized carbons (Fsp3) is 0.625. The number of anilines is 2. The second kappa shape index (κ2) is 7.06. The van der Waals surface area contributed by atoms with Gasteiger partial charge in [-0.2, -0.15) is 0 Å². The van der Waals surface area contributed by atoms with Crippen LogP contribution >= 0.6 is 0 Å². The lowest BCUT2D eigenvalue weighted by Gasteiger charge is -2.30. The van der Waals surface area contributed by atoms with E-state index >= 15 is 0 Å². The van der Waals surface area contributed by atoms with Crippen molar-refractivity contribution in [2.24, 2.45) is 5.92 Å². The van der Waals surface area contributed by atoms with Crippen LogP contribution in [0.25, 0.3) is 0 Å². The molecular weight excluding hydrogens is 328 g/mol. The molecular formula is C16H24N4O3S. The van der Waals surface area contributed by atoms with Crippen molar-refractivity contribution in [3.05, 3.63) is 18.3 Å². The van der Waals surface area contributed by atoms with Crippen LogP contribution in [-0.4, -0.2) is 56.0 Å². The summed E-state index contributed by atoms with van der Waals surface area (Å²) < 4.78 is 24.8. The highest BCUT2D eigenvalue weighted by molar-refractivity contribution is 7.88. The molecule has 7 nitrogen and oxygen atoms in total. The minimum absolute atomic E-state index is 0.128. The number of aromatic nitrogens is 1. The van der Waals surface area contributed by atoms with Gasteiger partial charge in [0.2, 0.25) is 15.9 Å². The van der Waals surface area contributed by atoms with Crippen molar-refractivity contribution in [3.63, 3.8) is 0 Å². The monoisotopic (exact) mass is 352 g/mol. The lowest BCUT2D eigenvalue weighted by atomic mass is 9.99. The fourth-order valence-corrected chi connectivity index (χ4v) is 4.28. The van der Waals surface area contributed by atoms with Crippen LogP contribution in [0.2, 0.25) is 0 Å². The number of hydrogen-bond acceptors (Lipinski definition) is 5. The Hall–Kier alpha value is -1.67. The third-order valence-electron chi connectivity index (χ3n) is 4.67. The van der Waals surface area contributed by atoms with E-state index in [2.05, 4.69) is 15.2 Å². The minimum atomic E-state index is -3.25. The van der Waals surface area contributed by atoms with Gasteiger partial charge in [-0.1, -0.05) is 0 Å². The van der Waals surface area contributed by atoms with Gasteiger partial charge in [0.25, 0.3) is 0 Å². The topological polar surface area (TPSA) is 82.6 Å². The molecule has 2 saturated heterocycles. The summed E-state index contributed by atoms with van der Waals surface area (Å²) in [7, 11) is -3.25. The van der Waals surface area contributed by atoms with Gasteiger partial charge in [0, 0.05) is 32.4 Å². The molecule has 0 unspecified atom stereocenters. The van der Waals surface area contributed by atoms with Gasteiger partial charge in [-0.3, -0.25) is 4.79 Å². The first kappa shape index (κ1) is 17.2. The predicted octanol–water partition coefficient (Wildman–Crippen LogP) is 1.29. The van der Waals surface area contributed by atoms with E-state index in [0.717, 1.165) is 31.7 Å². The van der Waals surface area contributed by atoms with Crippen LogP contribution in [0.15, 0.2) is 18.3 Å². The second-order valence-electron chi connectivity index (χ2n) is 6.52. The first-order chi connectivity index (χ1) is 11.4. The van der Waals surface area contributed by atoms with Gasteiger partial charge in [0.15, 0.2) is 5.82 Å². The highest BCUT2D eigenvalue weighted by Crippen LogP contribution is 2.27. The Labute approximate surface area is 143 Å². The van der Waals surface area contributed by atoms with E-state index in [1.54, 1.807) is 12.3 Å². The molecule has 0 saturated carbocycles. The third kappa shape index (κ3) is 3.87. The summed E-state index contributed by atoms with van der Waals surface area (Å²) in [5.74, 6) is 0.357. The molecule has 24 heavy (non-hydrogen) atoms. The van der Waals surface area contributed by atoms with Crippen LogP contribution in [0.3, 0.4) is 0 Å². The SMILES string of the molecule is CS(=O)(=O)N1CCC[C@H](C(=O)Nc2cccnc2N2CCCC2)C1. The summed E-state index contributed by atoms with van der Waals surface area (Å²) in [6.45, 7) is 2.65. The normalized spacial score (nSPS) is 22.5. The molecule has 2 aliphatic heterocycles. The number of amides is 1. The molecule has 1 aromatic rings. The minimum Gasteiger partial charge on any atom is -0.355 e. The molecule has 1 atom stereocenters. The number of pyridine rings is 1. The van der Waals surface area contributed by atoms with E-state index in [1.807, 2.05) is 6.07 Å². The fourth-order valence-electron chi connectivity index (χ4n) is 3.37. The third-order valence-corrected chi connectivity index (χ3v) is 5.94. The number of carbonyl (C=O) groups is 1. The number of nitrogens with one attached hydrogen (secondary N) is 1. The van der Waals surface area contributed by atoms with E-state index in [4.69, 9.17) is 0 Å². The summed E-state index contributed by atoms with van der Waals surface area (Å²) in [6, 6.07) is 3.66. The molecule has 2 fully saturated rings. The summed E-state index contributed by atoms with van der Waals surface area (Å²) in [6.07, 6.45) is 6.61. The molecule has 0 spiro atoms. The Balaban J connectivity index is 1.71. The van der Waals surface area contributed by atoms with Crippen LogP contribution in [0.1, 0.15) is 25.7 Å². The number of piperidine rings is 1. The molecule has 3 rings (SSSR count). The quantitative estimate of drug-likeness (QED) is 0.883. The Bertz CT molecular complexity index is 701. The summed E-state index contributed by atoms with van der Waals surface area (Å²) in [4.78, 5) is 19.2. The van der Waals surface area contributed by atoms with Crippen molar-refractivity contribution >= 4 is 27.4 Å². The van der Waals surface area contributed by atoms with Crippen LogP contribution in [-0.2, 0) is 14.8 Å². The predicted molar refractivity (Wildman–Crippen MR) is 93.5 cm³/mol. The Morgan fingerprint density at radius 1 is 1.25 bits per heavy atom. The number of carbonyl (C=O) groups excluding carboxylic acids is 1. The van der Waals surface area contributed by atoms with E-state index in [9.17, 15) is 13.2 Å². The molecule has 0 radical (unpaired) electrons. The zero-order chi connectivity index (χ0) is 17.2. The molecule has 0 aromatic carbocycles. The van der Waals surface area contributed by atoms with Gasteiger partial charge in [0.05, 0.1) is 17.9 Å². The summed E-state index contributed by atoms with van der Waals surface area (Å²) in [5.41, 5.74) is 0.709. The van der Waals surface area contributed by atoms with E-state index < -0.39 is 10.0 Å². The molecule has 1 amide bonds. The molecule has 132 valence electrons. The maximum Gasteiger partial charge on any atom is 0.228 e. The van der Waals surface area contributed by atoms with Gasteiger partial charge < -0.3 is 10.2 Å². The summed E-state index contributed by atoms with van der Waals surface area (Å²) >= 11 is 0. The lowest BCUT2D eigenvalue weighted by Crippen LogP contribution is -2.43. The Morgan fingerprint density at radius 3 is 2.71 bits per heavy atom. The number of rotatable bonds is 4. The van der Waals surface area contributed by atoms with Gasteiger partial charge in [-0.05, 0) is 37.8 Å². The molecule has 0 aliphatic carbocycles. The molecule has 0 bridgehead atoms. The average Bonchev–Trinajstić information content (AvgIpc) is 3.09. The van der Waals surface area contributed by atoms with Crippen molar-refractivity contribution in [2.45, 2.75) is 25.7 Å². The maximum absolute atomic E-state index is 12.6. The van der Waals surface area contributed by atoms with Gasteiger partial charge in [-0.15, -0.1) is 0 Å². The highest BCUT2D eigenvalue weighted by atomic mass is 32.2. The van der Waals surface area contributed by atoms with Crippen molar-refractivity contribution in [2.75, 3.05) is 42.7 Å². The van der Waals surface area contributed by atoms with Crippen LogP contribution < -0.4 is 10.2 Å². The van der Waals surface area contributed by atoms with E-state index in [-0.39, 0.29) is 18.4 Å². The van der Waals surface area contributed by atoms with E-state index in [0.29, 0.717) is 25.1 Å². The largest absolute Gasteiger partial charge is 0.355 e. The first-order valence-electron chi connectivity index (χ1n) is 8.41. The number of sulfonamides is 1. The average molecular weight is 352 g/mol. The first-order valence-corrected chi connectivity index (χ1v) is 10.3. The molecule has 1 aromatic heterocycles. The zero-order valence-electron chi connectivity index (χ0n) is 13.9. The van der Waals surface area contributed by atoms with Crippen molar-refractivity contribution in [3.8, 4) is 0 Å². The van der Waals surface area contributed by atoms with E-state index in [1.165, 1.54) is 10.6 Å². The van der Waals surface area contributed by atoms with Gasteiger partial charge in [-0.25, -0.2) is 17.7 Å². The van der Waals surface area contributed by atoms with Crippen molar-refractivity contribution < 1.29 is 13.2 Å². The smallest absolute Gasteiger partial charge is 0.228 e. The zero-order valence-corrected chi connectivity index (χ0v) is 14.8. The van der Waals surface area contributed by atoms with Crippen LogP contribution in [0, 0.1) is 5.92 Å². The number of nitrogens with zero attached hydrogens (tertiary/aromatic N) is 3. The highest BCUT2D eigenvalue weighted by Gasteiger charge is 2.30. The standard InChI is InChI=1S/C16H24N4O3S/c1-24(22,23)20-11-5-6-13(12-20)16(21)18-14-7-4-8-17-15(14)19-9-2-3-10-19/h4,7-8,13H,2-3,5-6,9-12H2,1H3,(H,18,21)/t13-/m0/s1. The summed E-state index contributed by atoms with van der Waals surface area (Å²) in [5, 5.41) is 2.96. The Kier molecular flexibility index (Phi) is 5.05. The lowest BCUT2D eigenvalue weighted by molar-refractivity contribution is -0.120. The van der Waals surface area contributed by atoms with Gasteiger partial charge in [0.1, 0.15) is 0 Å². The van der Waals surface area contributed by atoms with Crippen molar-refractivity contribution in [1.82, 2.24) is 9.29 Å². The maximum atomic E-state index is 12.6. The molecule has 3 heterocycles.